The van der Waals surface area contributed by atoms with Gasteiger partial charge in [0.15, 0.2) is 17.5 Å². The zero-order valence-corrected chi connectivity index (χ0v) is 34.2. The second-order valence-corrected chi connectivity index (χ2v) is 16.0. The Morgan fingerprint density at radius 2 is 0.762 bits per heavy atom. The molecule has 0 aliphatic heterocycles. The molecule has 2 aromatic heterocycles. The lowest BCUT2D eigenvalue weighted by Gasteiger charge is -2.15. The van der Waals surface area contributed by atoms with Crippen molar-refractivity contribution >= 4 is 43.4 Å². The molecule has 0 spiro atoms. The van der Waals surface area contributed by atoms with Gasteiger partial charge in [0.1, 0.15) is 0 Å². The lowest BCUT2D eigenvalue weighted by molar-refractivity contribution is 1.07. The molecule has 0 aliphatic rings. The summed E-state index contributed by atoms with van der Waals surface area (Å²) in [5.41, 5.74) is 13.2. The molecular formula is C59H38N4. The van der Waals surface area contributed by atoms with Crippen molar-refractivity contribution in [2.75, 3.05) is 0 Å². The van der Waals surface area contributed by atoms with Crippen molar-refractivity contribution in [3.8, 4) is 73.2 Å². The molecule has 63 heavy (non-hydrogen) atoms. The summed E-state index contributed by atoms with van der Waals surface area (Å²) in [6.45, 7) is 0. The van der Waals surface area contributed by atoms with Crippen LogP contribution >= 0.6 is 0 Å². The van der Waals surface area contributed by atoms with E-state index < -0.39 is 0 Å². The van der Waals surface area contributed by atoms with Crippen LogP contribution in [0.5, 0.6) is 0 Å². The van der Waals surface area contributed by atoms with Gasteiger partial charge in [-0.3, -0.25) is 0 Å². The smallest absolute Gasteiger partial charge is 0.164 e. The van der Waals surface area contributed by atoms with Crippen LogP contribution in [0.25, 0.3) is 117 Å². The number of nitrogens with zero attached hydrogens (tertiary/aromatic N) is 4. The summed E-state index contributed by atoms with van der Waals surface area (Å²) in [7, 11) is 0. The number of hydrogen-bond donors (Lipinski definition) is 0. The normalized spacial score (nSPS) is 11.5. The minimum absolute atomic E-state index is 0.619. The van der Waals surface area contributed by atoms with Gasteiger partial charge in [0, 0.05) is 33.2 Å². The molecule has 0 atom stereocenters. The zero-order valence-electron chi connectivity index (χ0n) is 34.2. The van der Waals surface area contributed by atoms with Crippen molar-refractivity contribution < 1.29 is 0 Å². The van der Waals surface area contributed by atoms with Gasteiger partial charge in [-0.2, -0.15) is 0 Å². The molecule has 0 bridgehead atoms. The van der Waals surface area contributed by atoms with Gasteiger partial charge < -0.3 is 4.57 Å². The molecule has 0 amide bonds. The van der Waals surface area contributed by atoms with Crippen molar-refractivity contribution in [2.45, 2.75) is 0 Å². The van der Waals surface area contributed by atoms with E-state index in [2.05, 4.69) is 217 Å². The Morgan fingerprint density at radius 3 is 1.46 bits per heavy atom. The van der Waals surface area contributed by atoms with Crippen molar-refractivity contribution in [1.29, 1.82) is 0 Å². The number of aromatic nitrogens is 4. The molecule has 2 heterocycles. The summed E-state index contributed by atoms with van der Waals surface area (Å²) in [5.74, 6) is 1.86. The molecular weight excluding hydrogens is 765 g/mol. The Labute approximate surface area is 365 Å². The van der Waals surface area contributed by atoms with Crippen LogP contribution in [-0.4, -0.2) is 19.5 Å². The highest BCUT2D eigenvalue weighted by Crippen LogP contribution is 2.40. The summed E-state index contributed by atoms with van der Waals surface area (Å²) < 4.78 is 2.38. The van der Waals surface area contributed by atoms with E-state index in [9.17, 15) is 0 Å². The maximum Gasteiger partial charge on any atom is 0.164 e. The average molecular weight is 803 g/mol. The summed E-state index contributed by atoms with van der Waals surface area (Å²) >= 11 is 0. The van der Waals surface area contributed by atoms with E-state index >= 15 is 0 Å². The molecule has 4 heteroatoms. The van der Waals surface area contributed by atoms with Crippen LogP contribution in [0.15, 0.2) is 231 Å². The van der Waals surface area contributed by atoms with Crippen LogP contribution in [0, 0.1) is 0 Å². The van der Waals surface area contributed by atoms with E-state index in [0.29, 0.717) is 17.5 Å². The standard InChI is InChI=1S/C59H38N4/c1-4-16-39(17-5-1)45-34-35-55-52(37-45)51-26-12-13-29-54(51)63(55)47-36-46-22-10-11-25-48(46)53(38-47)59-61-57(43-20-8-3-9-21-43)60-58(62-59)44-32-30-41(31-33-44)50-28-15-24-42-23-14-27-49(56(42)50)40-18-6-2-7-19-40/h1-38H. The Kier molecular flexibility index (Phi) is 8.79. The van der Waals surface area contributed by atoms with Gasteiger partial charge in [-0.05, 0) is 85.3 Å². The van der Waals surface area contributed by atoms with E-state index in [1.807, 2.05) is 18.2 Å². The van der Waals surface area contributed by atoms with E-state index in [-0.39, 0.29) is 0 Å². The maximum absolute atomic E-state index is 5.32. The molecule has 0 fully saturated rings. The average Bonchev–Trinajstić information content (AvgIpc) is 3.70. The summed E-state index contributed by atoms with van der Waals surface area (Å²) in [4.78, 5) is 15.7. The van der Waals surface area contributed by atoms with Crippen LogP contribution < -0.4 is 0 Å². The van der Waals surface area contributed by atoms with Crippen LogP contribution in [0.4, 0.5) is 0 Å². The first-order valence-electron chi connectivity index (χ1n) is 21.4. The van der Waals surface area contributed by atoms with Crippen LogP contribution in [-0.2, 0) is 0 Å². The van der Waals surface area contributed by atoms with Gasteiger partial charge in [0.25, 0.3) is 0 Å². The number of fused-ring (bicyclic) bond motifs is 5. The topological polar surface area (TPSA) is 43.6 Å². The Morgan fingerprint density at radius 1 is 0.270 bits per heavy atom. The predicted octanol–water partition coefficient (Wildman–Crippen LogP) is 15.3. The van der Waals surface area contributed by atoms with Gasteiger partial charge >= 0.3 is 0 Å². The van der Waals surface area contributed by atoms with E-state index in [1.165, 1.54) is 49.4 Å². The van der Waals surface area contributed by atoms with Crippen LogP contribution in [0.1, 0.15) is 0 Å². The number of hydrogen-bond acceptors (Lipinski definition) is 3. The molecule has 0 N–H and O–H groups in total. The highest BCUT2D eigenvalue weighted by atomic mass is 15.0. The third kappa shape index (κ3) is 6.44. The van der Waals surface area contributed by atoms with Gasteiger partial charge in [0.2, 0.25) is 0 Å². The third-order valence-corrected chi connectivity index (χ3v) is 12.2. The molecule has 0 aliphatic carbocycles. The van der Waals surface area contributed by atoms with Crippen molar-refractivity contribution in [3.05, 3.63) is 231 Å². The number of rotatable bonds is 7. The third-order valence-electron chi connectivity index (χ3n) is 12.2. The van der Waals surface area contributed by atoms with Crippen molar-refractivity contribution in [1.82, 2.24) is 19.5 Å². The highest BCUT2D eigenvalue weighted by molar-refractivity contribution is 6.11. The quantitative estimate of drug-likeness (QED) is 0.161. The summed E-state index contributed by atoms with van der Waals surface area (Å²) in [6, 6.07) is 81.8. The van der Waals surface area contributed by atoms with Gasteiger partial charge in [-0.15, -0.1) is 0 Å². The Hall–Kier alpha value is -8.47. The number of para-hydroxylation sites is 1. The van der Waals surface area contributed by atoms with Gasteiger partial charge in [-0.1, -0.05) is 200 Å². The largest absolute Gasteiger partial charge is 0.309 e. The first-order chi connectivity index (χ1) is 31.2. The fourth-order valence-corrected chi connectivity index (χ4v) is 9.25. The SMILES string of the molecule is c1ccc(-c2ccc3c(c2)c2ccccc2n3-c2cc(-c3nc(-c4ccccc4)nc(-c4ccc(-c5cccc6cccc(-c7ccccc7)c56)cc4)n3)c3ccccc3c2)cc1. The molecule has 0 unspecified atom stereocenters. The van der Waals surface area contributed by atoms with Crippen LogP contribution in [0.2, 0.25) is 0 Å². The second kappa shape index (κ2) is 15.2. The second-order valence-electron chi connectivity index (χ2n) is 16.0. The van der Waals surface area contributed by atoms with Gasteiger partial charge in [0.05, 0.1) is 11.0 Å². The van der Waals surface area contributed by atoms with Gasteiger partial charge in [-0.25, -0.2) is 15.0 Å². The van der Waals surface area contributed by atoms with Crippen molar-refractivity contribution in [2.24, 2.45) is 0 Å². The highest BCUT2D eigenvalue weighted by Gasteiger charge is 2.19. The minimum Gasteiger partial charge on any atom is -0.309 e. The first kappa shape index (κ1) is 36.4. The summed E-state index contributed by atoms with van der Waals surface area (Å²) in [5, 5.41) is 7.04. The first-order valence-corrected chi connectivity index (χ1v) is 21.4. The fraction of sp³-hybridized carbons (Fsp3) is 0. The molecule has 4 nitrogen and oxygen atoms in total. The van der Waals surface area contributed by atoms with E-state index in [0.717, 1.165) is 49.7 Å². The van der Waals surface area contributed by atoms with E-state index in [1.54, 1.807) is 0 Å². The number of benzene rings is 10. The predicted molar refractivity (Wildman–Crippen MR) is 262 cm³/mol. The molecule has 294 valence electrons. The lowest BCUT2D eigenvalue weighted by atomic mass is 9.91. The molecule has 0 saturated carbocycles. The Bertz CT molecular complexity index is 3650. The van der Waals surface area contributed by atoms with E-state index in [4.69, 9.17) is 15.0 Å². The molecule has 0 radical (unpaired) electrons. The van der Waals surface area contributed by atoms with Crippen molar-refractivity contribution in [3.63, 3.8) is 0 Å². The lowest BCUT2D eigenvalue weighted by Crippen LogP contribution is -2.02. The maximum atomic E-state index is 5.32. The van der Waals surface area contributed by atoms with Crippen LogP contribution in [0.3, 0.4) is 0 Å². The molecule has 0 saturated heterocycles. The molecule has 12 rings (SSSR count). The zero-order chi connectivity index (χ0) is 41.7. The summed E-state index contributed by atoms with van der Waals surface area (Å²) in [6.07, 6.45) is 0. The monoisotopic (exact) mass is 802 g/mol. The minimum atomic E-state index is 0.619. The molecule has 12 aromatic rings. The Balaban J connectivity index is 1.02. The molecule has 10 aromatic carbocycles. The fourth-order valence-electron chi connectivity index (χ4n) is 9.25.